The van der Waals surface area contributed by atoms with E-state index < -0.39 is 16.1 Å². The van der Waals surface area contributed by atoms with Gasteiger partial charge in [0, 0.05) is 5.02 Å². The lowest BCUT2D eigenvalue weighted by Crippen LogP contribution is -2.52. The molecule has 0 saturated carbocycles. The highest BCUT2D eigenvalue weighted by Crippen LogP contribution is 2.24. The predicted molar refractivity (Wildman–Crippen MR) is 117 cm³/mol. The predicted octanol–water partition coefficient (Wildman–Crippen LogP) is 3.78. The first kappa shape index (κ1) is 23.0. The van der Waals surface area contributed by atoms with Gasteiger partial charge in [-0.3, -0.25) is 9.10 Å². The number of rotatable bonds is 9. The number of ether oxygens (including phenoxy) is 1. The maximum absolute atomic E-state index is 12.9. The van der Waals surface area contributed by atoms with E-state index in [-0.39, 0.29) is 18.6 Å². The molecule has 0 saturated heterocycles. The average Bonchev–Trinajstić information content (AvgIpc) is 2.65. The van der Waals surface area contributed by atoms with Gasteiger partial charge in [0.2, 0.25) is 15.9 Å². The molecule has 0 unspecified atom stereocenters. The van der Waals surface area contributed by atoms with Crippen molar-refractivity contribution in [3.05, 3.63) is 59.1 Å². The number of amides is 1. The summed E-state index contributed by atoms with van der Waals surface area (Å²) in [4.78, 5) is 12.9. The number of hydrogen-bond donors (Lipinski definition) is 1. The number of nitrogens with one attached hydrogen (secondary N) is 1. The Morgan fingerprint density at radius 3 is 2.24 bits per heavy atom. The normalized spacial score (nSPS) is 13.4. The number of benzene rings is 2. The van der Waals surface area contributed by atoms with Crippen molar-refractivity contribution >= 4 is 33.2 Å². The van der Waals surface area contributed by atoms with Crippen LogP contribution in [-0.4, -0.2) is 39.3 Å². The molecule has 6 nitrogen and oxygen atoms in total. The van der Waals surface area contributed by atoms with Gasteiger partial charge in [-0.25, -0.2) is 8.42 Å². The number of hydrogen-bond acceptors (Lipinski definition) is 4. The molecule has 0 bridgehead atoms. The minimum Gasteiger partial charge on any atom is -0.491 e. The highest BCUT2D eigenvalue weighted by Gasteiger charge is 2.32. The Bertz CT molecular complexity index is 915. The topological polar surface area (TPSA) is 75.7 Å². The highest BCUT2D eigenvalue weighted by atomic mass is 35.5. The summed E-state index contributed by atoms with van der Waals surface area (Å²) in [5, 5.41) is 3.34. The van der Waals surface area contributed by atoms with E-state index in [1.54, 1.807) is 31.2 Å². The molecule has 0 radical (unpaired) electrons. The SMILES string of the molecule is CC[C@@H](C(=O)N[C@H](C)COc1ccc(C)cc1)N(c1ccc(Cl)cc1)S(C)(=O)=O. The number of sulfonamides is 1. The maximum atomic E-state index is 12.9. The molecule has 2 aromatic rings. The molecule has 0 spiro atoms. The fraction of sp³-hybridized carbons (Fsp3) is 0.381. The zero-order valence-electron chi connectivity index (χ0n) is 17.1. The minimum atomic E-state index is -3.68. The lowest BCUT2D eigenvalue weighted by atomic mass is 10.1. The second-order valence-corrected chi connectivity index (χ2v) is 9.29. The molecule has 0 aliphatic rings. The van der Waals surface area contributed by atoms with Gasteiger partial charge in [-0.15, -0.1) is 0 Å². The largest absolute Gasteiger partial charge is 0.491 e. The molecule has 8 heteroatoms. The molecule has 29 heavy (non-hydrogen) atoms. The third-order valence-electron chi connectivity index (χ3n) is 4.32. The third kappa shape index (κ3) is 6.65. The van der Waals surface area contributed by atoms with Gasteiger partial charge in [0.1, 0.15) is 18.4 Å². The summed E-state index contributed by atoms with van der Waals surface area (Å²) < 4.78 is 31.7. The summed E-state index contributed by atoms with van der Waals surface area (Å²) in [7, 11) is -3.68. The Hall–Kier alpha value is -2.25. The van der Waals surface area contributed by atoms with Crippen LogP contribution in [0.15, 0.2) is 48.5 Å². The number of aryl methyl sites for hydroxylation is 1. The lowest BCUT2D eigenvalue weighted by Gasteiger charge is -2.31. The number of halogens is 1. The molecule has 0 aliphatic heterocycles. The summed E-state index contributed by atoms with van der Waals surface area (Å²) in [5.41, 5.74) is 1.52. The van der Waals surface area contributed by atoms with Gasteiger partial charge in [0.25, 0.3) is 0 Å². The standard InChI is InChI=1S/C21H27ClN2O4S/c1-5-20(24(29(4,26)27)18-10-8-17(22)9-11-18)21(25)23-16(3)14-28-19-12-6-15(2)7-13-19/h6-13,16,20H,5,14H2,1-4H3,(H,23,25)/t16-,20+/m1/s1. The van der Waals surface area contributed by atoms with Gasteiger partial charge in [-0.2, -0.15) is 0 Å². The summed E-state index contributed by atoms with van der Waals surface area (Å²) >= 11 is 5.91. The van der Waals surface area contributed by atoms with Crippen LogP contribution in [0, 0.1) is 6.92 Å². The molecule has 158 valence electrons. The van der Waals surface area contributed by atoms with Gasteiger partial charge in [-0.1, -0.05) is 36.2 Å². The van der Waals surface area contributed by atoms with Gasteiger partial charge in [0.05, 0.1) is 18.0 Å². The van der Waals surface area contributed by atoms with Crippen molar-refractivity contribution in [1.82, 2.24) is 5.32 Å². The van der Waals surface area contributed by atoms with Crippen LogP contribution in [0.1, 0.15) is 25.8 Å². The molecule has 2 rings (SSSR count). The van der Waals surface area contributed by atoms with Crippen molar-refractivity contribution in [2.24, 2.45) is 0 Å². The molecule has 0 heterocycles. The molecule has 1 amide bonds. The molecular weight excluding hydrogens is 412 g/mol. The van der Waals surface area contributed by atoms with Crippen LogP contribution >= 0.6 is 11.6 Å². The van der Waals surface area contributed by atoms with Crippen molar-refractivity contribution in [3.8, 4) is 5.75 Å². The lowest BCUT2D eigenvalue weighted by molar-refractivity contribution is -0.123. The van der Waals surface area contributed by atoms with E-state index in [1.807, 2.05) is 38.1 Å². The monoisotopic (exact) mass is 438 g/mol. The van der Waals surface area contributed by atoms with Crippen LogP contribution in [0.4, 0.5) is 5.69 Å². The number of carbonyl (C=O) groups is 1. The Morgan fingerprint density at radius 1 is 1.14 bits per heavy atom. The molecule has 0 fully saturated rings. The first-order valence-electron chi connectivity index (χ1n) is 9.36. The van der Waals surface area contributed by atoms with Crippen molar-refractivity contribution in [1.29, 1.82) is 0 Å². The number of carbonyl (C=O) groups excluding carboxylic acids is 1. The zero-order valence-corrected chi connectivity index (χ0v) is 18.6. The number of nitrogens with zero attached hydrogens (tertiary/aromatic N) is 1. The van der Waals surface area contributed by atoms with Crippen LogP contribution in [0.5, 0.6) is 5.75 Å². The summed E-state index contributed by atoms with van der Waals surface area (Å²) in [6.07, 6.45) is 1.40. The van der Waals surface area contributed by atoms with E-state index in [2.05, 4.69) is 5.32 Å². The second-order valence-electron chi connectivity index (χ2n) is 6.99. The van der Waals surface area contributed by atoms with Crippen molar-refractivity contribution < 1.29 is 17.9 Å². The van der Waals surface area contributed by atoms with Gasteiger partial charge < -0.3 is 10.1 Å². The minimum absolute atomic E-state index is 0.269. The second kappa shape index (κ2) is 9.98. The van der Waals surface area contributed by atoms with Gasteiger partial charge in [0.15, 0.2) is 0 Å². The van der Waals surface area contributed by atoms with E-state index in [0.717, 1.165) is 16.1 Å². The first-order chi connectivity index (χ1) is 13.6. The smallest absolute Gasteiger partial charge is 0.244 e. The van der Waals surface area contributed by atoms with E-state index in [4.69, 9.17) is 16.3 Å². The Morgan fingerprint density at radius 2 is 1.72 bits per heavy atom. The third-order valence-corrected chi connectivity index (χ3v) is 5.75. The molecule has 0 aliphatic carbocycles. The number of anilines is 1. The van der Waals surface area contributed by atoms with Crippen LogP contribution in [0.2, 0.25) is 5.02 Å². The van der Waals surface area contributed by atoms with Gasteiger partial charge >= 0.3 is 0 Å². The molecular formula is C21H27ClN2O4S. The fourth-order valence-electron chi connectivity index (χ4n) is 2.88. The average molecular weight is 439 g/mol. The van der Waals surface area contributed by atoms with E-state index in [1.165, 1.54) is 0 Å². The van der Waals surface area contributed by atoms with Crippen LogP contribution in [-0.2, 0) is 14.8 Å². The summed E-state index contributed by atoms with van der Waals surface area (Å²) in [6, 6.07) is 12.8. The summed E-state index contributed by atoms with van der Waals surface area (Å²) in [6.45, 7) is 5.84. The van der Waals surface area contributed by atoms with Crippen LogP contribution in [0.3, 0.4) is 0 Å². The molecule has 2 aromatic carbocycles. The fourth-order valence-corrected chi connectivity index (χ4v) is 4.22. The van der Waals surface area contributed by atoms with Crippen LogP contribution in [0.25, 0.3) is 0 Å². The van der Waals surface area contributed by atoms with Crippen molar-refractivity contribution in [2.75, 3.05) is 17.2 Å². The van der Waals surface area contributed by atoms with E-state index in [9.17, 15) is 13.2 Å². The first-order valence-corrected chi connectivity index (χ1v) is 11.6. The van der Waals surface area contributed by atoms with E-state index >= 15 is 0 Å². The molecule has 0 aromatic heterocycles. The van der Waals surface area contributed by atoms with Crippen molar-refractivity contribution in [3.63, 3.8) is 0 Å². The molecule has 2 atom stereocenters. The Kier molecular flexibility index (Phi) is 7.93. The van der Waals surface area contributed by atoms with Crippen molar-refractivity contribution in [2.45, 2.75) is 39.3 Å². The van der Waals surface area contributed by atoms with E-state index in [0.29, 0.717) is 22.9 Å². The summed E-state index contributed by atoms with van der Waals surface area (Å²) in [5.74, 6) is 0.329. The highest BCUT2D eigenvalue weighted by molar-refractivity contribution is 7.92. The quantitative estimate of drug-likeness (QED) is 0.646. The van der Waals surface area contributed by atoms with Gasteiger partial charge in [-0.05, 0) is 56.7 Å². The Balaban J connectivity index is 2.09. The maximum Gasteiger partial charge on any atom is 0.244 e. The zero-order chi connectivity index (χ0) is 21.6. The van der Waals surface area contributed by atoms with Crippen LogP contribution < -0.4 is 14.4 Å². The Labute approximate surface area is 177 Å². The molecule has 1 N–H and O–H groups in total.